The van der Waals surface area contributed by atoms with Gasteiger partial charge in [-0.3, -0.25) is 0 Å². The molecular weight excluding hydrogens is 430 g/mol. The molecule has 6 nitrogen and oxygen atoms in total. The van der Waals surface area contributed by atoms with Gasteiger partial charge in [-0.15, -0.1) is 0 Å². The lowest BCUT2D eigenvalue weighted by atomic mass is 9.98. The monoisotopic (exact) mass is 456 g/mol. The summed E-state index contributed by atoms with van der Waals surface area (Å²) in [7, 11) is 8.21. The number of rotatable bonds is 6. The Morgan fingerprint density at radius 1 is 0.588 bits per heavy atom. The van der Waals surface area contributed by atoms with Gasteiger partial charge in [0.1, 0.15) is 0 Å². The zero-order chi connectivity index (χ0) is 23.8. The Labute approximate surface area is 197 Å². The summed E-state index contributed by atoms with van der Waals surface area (Å²) in [5.41, 5.74) is 3.03. The molecule has 172 valence electrons. The first kappa shape index (κ1) is 21.6. The van der Waals surface area contributed by atoms with Crippen molar-refractivity contribution in [1.82, 2.24) is 0 Å². The van der Waals surface area contributed by atoms with Crippen molar-refractivity contribution in [1.29, 1.82) is 0 Å². The minimum absolute atomic E-state index is 0.566. The molecule has 0 aliphatic carbocycles. The normalized spacial score (nSPS) is 11.1. The van der Waals surface area contributed by atoms with Crippen molar-refractivity contribution in [3.8, 4) is 39.9 Å². The number of fused-ring (bicyclic) bond motifs is 4. The Balaban J connectivity index is 1.92. The topological polar surface area (TPSA) is 50.2 Å². The van der Waals surface area contributed by atoms with Crippen molar-refractivity contribution in [3.63, 3.8) is 0 Å². The molecule has 5 rings (SSSR count). The Bertz CT molecular complexity index is 1530. The second kappa shape index (κ2) is 8.63. The summed E-state index contributed by atoms with van der Waals surface area (Å²) in [6.45, 7) is 0. The standard InChI is InChI=1S/C28H26NO5/c1-30-24-14-18-13-23-21-15-20(17-9-7-6-8-10-17)26(32-3)25(31-2)19(21)11-12-29(23)16-22(18)27(33-4)28(24)34-5/h6-16H,1-5H3/q+1. The molecule has 0 saturated heterocycles. The van der Waals surface area contributed by atoms with Gasteiger partial charge < -0.3 is 23.7 Å². The molecule has 0 radical (unpaired) electrons. The third kappa shape index (κ3) is 3.22. The number of hydrogen-bond acceptors (Lipinski definition) is 5. The maximum absolute atomic E-state index is 5.86. The highest BCUT2D eigenvalue weighted by Crippen LogP contribution is 2.46. The maximum atomic E-state index is 5.86. The van der Waals surface area contributed by atoms with E-state index in [9.17, 15) is 0 Å². The van der Waals surface area contributed by atoms with E-state index >= 15 is 0 Å². The van der Waals surface area contributed by atoms with Gasteiger partial charge in [0.15, 0.2) is 35.4 Å². The first-order valence-corrected chi connectivity index (χ1v) is 10.9. The van der Waals surface area contributed by atoms with E-state index in [2.05, 4.69) is 28.7 Å². The van der Waals surface area contributed by atoms with Gasteiger partial charge in [-0.25, -0.2) is 0 Å². The molecular formula is C28H26NO5+. The van der Waals surface area contributed by atoms with Gasteiger partial charge in [0.25, 0.3) is 0 Å². The lowest BCUT2D eigenvalue weighted by molar-refractivity contribution is -0.509. The number of ether oxygens (including phenoxy) is 5. The molecule has 3 aromatic carbocycles. The van der Waals surface area contributed by atoms with E-state index in [1.807, 2.05) is 42.7 Å². The van der Waals surface area contributed by atoms with Gasteiger partial charge in [0, 0.05) is 28.5 Å². The average Bonchev–Trinajstić information content (AvgIpc) is 2.89. The van der Waals surface area contributed by atoms with Crippen molar-refractivity contribution in [3.05, 3.63) is 67.0 Å². The molecule has 0 aliphatic heterocycles. The van der Waals surface area contributed by atoms with Gasteiger partial charge in [-0.2, -0.15) is 4.40 Å². The van der Waals surface area contributed by atoms with Crippen LogP contribution >= 0.6 is 0 Å². The van der Waals surface area contributed by atoms with Crippen molar-refractivity contribution < 1.29 is 28.1 Å². The minimum Gasteiger partial charge on any atom is -0.493 e. The second-order valence-corrected chi connectivity index (χ2v) is 7.85. The van der Waals surface area contributed by atoms with Crippen molar-refractivity contribution in [2.45, 2.75) is 0 Å². The number of nitrogens with zero attached hydrogens (tertiary/aromatic N) is 1. The first-order valence-electron chi connectivity index (χ1n) is 10.9. The fourth-order valence-corrected chi connectivity index (χ4v) is 4.64. The fraction of sp³-hybridized carbons (Fsp3) is 0.179. The number of pyridine rings is 2. The zero-order valence-corrected chi connectivity index (χ0v) is 19.8. The molecule has 0 fully saturated rings. The van der Waals surface area contributed by atoms with Gasteiger partial charge in [0.2, 0.25) is 11.3 Å². The molecule has 0 bridgehead atoms. The summed E-state index contributed by atoms with van der Waals surface area (Å²) >= 11 is 0. The van der Waals surface area contributed by atoms with Crippen LogP contribution in [0.3, 0.4) is 0 Å². The molecule has 0 amide bonds. The van der Waals surface area contributed by atoms with Crippen LogP contribution in [0.25, 0.3) is 38.2 Å². The Morgan fingerprint density at radius 2 is 1.26 bits per heavy atom. The lowest BCUT2D eigenvalue weighted by Gasteiger charge is -2.16. The lowest BCUT2D eigenvalue weighted by Crippen LogP contribution is -2.21. The Kier molecular flexibility index (Phi) is 5.49. The van der Waals surface area contributed by atoms with E-state index in [1.54, 1.807) is 35.5 Å². The van der Waals surface area contributed by atoms with Crippen LogP contribution in [0.2, 0.25) is 0 Å². The summed E-state index contributed by atoms with van der Waals surface area (Å²) in [4.78, 5) is 0. The van der Waals surface area contributed by atoms with Crippen LogP contribution in [0.15, 0.2) is 67.0 Å². The SMILES string of the molecule is COc1cc2cc3c4cc(-c5ccccc5)c(OC)c(OC)c4cc[n+]3cc2c(OC)c1OC. The summed E-state index contributed by atoms with van der Waals surface area (Å²) in [6, 6.07) is 18.5. The third-order valence-corrected chi connectivity index (χ3v) is 6.18. The average molecular weight is 457 g/mol. The number of hydrogen-bond donors (Lipinski definition) is 0. The Hall–Kier alpha value is -4.19. The van der Waals surface area contributed by atoms with Gasteiger partial charge in [-0.05, 0) is 17.7 Å². The molecule has 0 spiro atoms. The van der Waals surface area contributed by atoms with Gasteiger partial charge in [0.05, 0.1) is 46.3 Å². The minimum atomic E-state index is 0.566. The van der Waals surface area contributed by atoms with E-state index in [4.69, 9.17) is 23.7 Å². The molecule has 34 heavy (non-hydrogen) atoms. The van der Waals surface area contributed by atoms with E-state index in [-0.39, 0.29) is 0 Å². The summed E-state index contributed by atoms with van der Waals surface area (Å²) in [5.74, 6) is 3.21. The van der Waals surface area contributed by atoms with Crippen LogP contribution in [0, 0.1) is 0 Å². The van der Waals surface area contributed by atoms with Crippen LogP contribution in [0.5, 0.6) is 28.7 Å². The smallest absolute Gasteiger partial charge is 0.219 e. The van der Waals surface area contributed by atoms with Crippen molar-refractivity contribution in [2.75, 3.05) is 35.5 Å². The molecule has 0 unspecified atom stereocenters. The molecule has 0 atom stereocenters. The van der Waals surface area contributed by atoms with E-state index in [1.165, 1.54) is 0 Å². The quantitative estimate of drug-likeness (QED) is 0.193. The van der Waals surface area contributed by atoms with Crippen molar-refractivity contribution in [2.24, 2.45) is 0 Å². The van der Waals surface area contributed by atoms with Crippen LogP contribution in [0.1, 0.15) is 0 Å². The zero-order valence-electron chi connectivity index (χ0n) is 19.8. The molecule has 0 N–H and O–H groups in total. The van der Waals surface area contributed by atoms with Gasteiger partial charge >= 0.3 is 0 Å². The highest BCUT2D eigenvalue weighted by molar-refractivity contribution is 6.05. The number of benzene rings is 3. The fourth-order valence-electron chi connectivity index (χ4n) is 4.64. The third-order valence-electron chi connectivity index (χ3n) is 6.18. The predicted molar refractivity (Wildman–Crippen MR) is 133 cm³/mol. The van der Waals surface area contributed by atoms with Crippen LogP contribution in [-0.2, 0) is 0 Å². The van der Waals surface area contributed by atoms with E-state index in [0.717, 1.165) is 38.2 Å². The van der Waals surface area contributed by atoms with E-state index < -0.39 is 0 Å². The highest BCUT2D eigenvalue weighted by atomic mass is 16.5. The summed E-state index contributed by atoms with van der Waals surface area (Å²) in [6.07, 6.45) is 4.06. The highest BCUT2D eigenvalue weighted by Gasteiger charge is 2.23. The molecule has 6 heteroatoms. The first-order chi connectivity index (χ1) is 16.6. The van der Waals surface area contributed by atoms with E-state index in [0.29, 0.717) is 28.7 Å². The molecule has 0 saturated carbocycles. The molecule has 0 aliphatic rings. The molecule has 2 aromatic heterocycles. The number of methoxy groups -OCH3 is 5. The number of aromatic nitrogens is 1. The van der Waals surface area contributed by atoms with Gasteiger partial charge in [-0.1, -0.05) is 30.3 Å². The van der Waals surface area contributed by atoms with Crippen LogP contribution in [0.4, 0.5) is 0 Å². The summed E-state index contributed by atoms with van der Waals surface area (Å²) in [5, 5.41) is 3.89. The predicted octanol–water partition coefficient (Wildman–Crippen LogP) is 5.44. The maximum Gasteiger partial charge on any atom is 0.219 e. The largest absolute Gasteiger partial charge is 0.493 e. The summed E-state index contributed by atoms with van der Waals surface area (Å²) < 4.78 is 30.6. The molecule has 5 aromatic rings. The van der Waals surface area contributed by atoms with Crippen molar-refractivity contribution >= 4 is 27.1 Å². The second-order valence-electron chi connectivity index (χ2n) is 7.85. The molecule has 2 heterocycles. The Morgan fingerprint density at radius 3 is 1.91 bits per heavy atom. The van der Waals surface area contributed by atoms with Crippen LogP contribution < -0.4 is 28.1 Å². The van der Waals surface area contributed by atoms with Crippen LogP contribution in [-0.4, -0.2) is 35.5 Å².